The Hall–Kier alpha value is -3.23. The zero-order chi connectivity index (χ0) is 18.8. The van der Waals surface area contributed by atoms with E-state index < -0.39 is 0 Å². The Morgan fingerprint density at radius 1 is 1.04 bits per heavy atom. The van der Waals surface area contributed by atoms with Crippen LogP contribution in [0.15, 0.2) is 55.1 Å². The highest BCUT2D eigenvalue weighted by Crippen LogP contribution is 2.26. The highest BCUT2D eigenvalue weighted by molar-refractivity contribution is 6.42. The lowest BCUT2D eigenvalue weighted by Gasteiger charge is -2.08. The number of hydrazine groups is 1. The Bertz CT molecular complexity index is 1130. The molecule has 27 heavy (non-hydrogen) atoms. The van der Waals surface area contributed by atoms with Crippen molar-refractivity contribution in [2.75, 3.05) is 5.43 Å². The van der Waals surface area contributed by atoms with Gasteiger partial charge < -0.3 is 0 Å². The molecule has 1 amide bonds. The van der Waals surface area contributed by atoms with Gasteiger partial charge in [0.15, 0.2) is 11.5 Å². The smallest absolute Gasteiger partial charge is 0.281 e. The normalized spacial score (nSPS) is 10.7. The van der Waals surface area contributed by atoms with Gasteiger partial charge in [0, 0.05) is 6.20 Å². The van der Waals surface area contributed by atoms with Gasteiger partial charge in [-0.2, -0.15) is 5.10 Å². The summed E-state index contributed by atoms with van der Waals surface area (Å²) in [7, 11) is 0. The summed E-state index contributed by atoms with van der Waals surface area (Å²) in [5.74, 6) is 0.00910. The van der Waals surface area contributed by atoms with E-state index >= 15 is 0 Å². The number of rotatable bonds is 4. The lowest BCUT2D eigenvalue weighted by Crippen LogP contribution is -2.30. The first-order chi connectivity index (χ1) is 13.1. The van der Waals surface area contributed by atoms with E-state index in [1.807, 2.05) is 0 Å². The summed E-state index contributed by atoms with van der Waals surface area (Å²) in [6.07, 6.45) is 4.50. The number of hydrogen-bond acceptors (Lipinski definition) is 6. The van der Waals surface area contributed by atoms with Gasteiger partial charge in [-0.3, -0.25) is 20.6 Å². The number of amides is 1. The van der Waals surface area contributed by atoms with Gasteiger partial charge in [0.2, 0.25) is 0 Å². The van der Waals surface area contributed by atoms with E-state index in [4.69, 9.17) is 23.2 Å². The van der Waals surface area contributed by atoms with Crippen molar-refractivity contribution in [2.45, 2.75) is 0 Å². The second kappa shape index (κ2) is 7.18. The number of aromatic nitrogens is 5. The van der Waals surface area contributed by atoms with Crippen LogP contribution in [-0.4, -0.2) is 30.6 Å². The van der Waals surface area contributed by atoms with E-state index in [1.165, 1.54) is 6.33 Å². The summed E-state index contributed by atoms with van der Waals surface area (Å²) in [5.41, 5.74) is 6.85. The van der Waals surface area contributed by atoms with Gasteiger partial charge in [-0.05, 0) is 30.3 Å². The summed E-state index contributed by atoms with van der Waals surface area (Å²) in [6.45, 7) is 0. The van der Waals surface area contributed by atoms with E-state index in [1.54, 1.807) is 53.5 Å². The molecule has 0 unspecified atom stereocenters. The molecule has 4 aromatic rings. The van der Waals surface area contributed by atoms with E-state index in [0.717, 1.165) is 0 Å². The first-order valence-corrected chi connectivity index (χ1v) is 8.50. The highest BCUT2D eigenvalue weighted by atomic mass is 35.5. The molecule has 0 saturated carbocycles. The summed E-state index contributed by atoms with van der Waals surface area (Å²) < 4.78 is 1.60. The average Bonchev–Trinajstić information content (AvgIpc) is 3.13. The molecular formula is C17H11Cl2N7O. The van der Waals surface area contributed by atoms with Gasteiger partial charge in [0.25, 0.3) is 5.91 Å². The van der Waals surface area contributed by atoms with Gasteiger partial charge in [-0.15, -0.1) is 0 Å². The van der Waals surface area contributed by atoms with E-state index in [2.05, 4.69) is 30.9 Å². The molecule has 0 radical (unpaired) electrons. The molecule has 0 aliphatic heterocycles. The fourth-order valence-electron chi connectivity index (χ4n) is 2.43. The molecule has 0 bridgehead atoms. The van der Waals surface area contributed by atoms with Crippen molar-refractivity contribution in [3.05, 3.63) is 70.9 Å². The van der Waals surface area contributed by atoms with Crippen LogP contribution >= 0.6 is 23.2 Å². The second-order valence-electron chi connectivity index (χ2n) is 5.41. The number of carbonyl (C=O) groups excluding carboxylic acids is 1. The third-order valence-electron chi connectivity index (χ3n) is 3.71. The van der Waals surface area contributed by atoms with Crippen molar-refractivity contribution in [3.63, 3.8) is 0 Å². The van der Waals surface area contributed by atoms with Crippen LogP contribution in [0.3, 0.4) is 0 Å². The minimum atomic E-state index is -0.390. The molecule has 10 heteroatoms. The van der Waals surface area contributed by atoms with Crippen molar-refractivity contribution >= 4 is 46.0 Å². The minimum absolute atomic E-state index is 0.279. The standard InChI is InChI=1S/C17H11Cl2N7O/c18-12-5-4-10(7-13(12)19)26-16-11(8-23-26)15(21-9-22-16)24-25-17(27)14-3-1-2-6-20-14/h1-9H,(H,25,27)(H,21,22,24). The molecule has 1 aromatic carbocycles. The lowest BCUT2D eigenvalue weighted by atomic mass is 10.3. The third-order valence-corrected chi connectivity index (χ3v) is 4.44. The molecule has 134 valence electrons. The number of nitrogens with one attached hydrogen (secondary N) is 2. The molecule has 0 spiro atoms. The highest BCUT2D eigenvalue weighted by Gasteiger charge is 2.13. The number of pyridine rings is 1. The maximum Gasteiger partial charge on any atom is 0.288 e. The number of fused-ring (bicyclic) bond motifs is 1. The van der Waals surface area contributed by atoms with Crippen LogP contribution < -0.4 is 10.9 Å². The summed E-state index contributed by atoms with van der Waals surface area (Å²) in [5, 5.41) is 5.81. The van der Waals surface area contributed by atoms with Crippen LogP contribution in [0.25, 0.3) is 16.7 Å². The van der Waals surface area contributed by atoms with Gasteiger partial charge in [0.05, 0.1) is 27.3 Å². The van der Waals surface area contributed by atoms with Crippen LogP contribution in [0.5, 0.6) is 0 Å². The van der Waals surface area contributed by atoms with E-state index in [9.17, 15) is 4.79 Å². The Balaban J connectivity index is 1.63. The Morgan fingerprint density at radius 3 is 2.70 bits per heavy atom. The van der Waals surface area contributed by atoms with Crippen molar-refractivity contribution < 1.29 is 4.79 Å². The number of benzene rings is 1. The molecule has 4 rings (SSSR count). The van der Waals surface area contributed by atoms with E-state index in [-0.39, 0.29) is 11.6 Å². The number of nitrogens with zero attached hydrogens (tertiary/aromatic N) is 5. The van der Waals surface area contributed by atoms with Crippen molar-refractivity contribution in [2.24, 2.45) is 0 Å². The average molecular weight is 400 g/mol. The number of halogens is 2. The Kier molecular flexibility index (Phi) is 4.57. The van der Waals surface area contributed by atoms with Gasteiger partial charge in [0.1, 0.15) is 12.0 Å². The van der Waals surface area contributed by atoms with Gasteiger partial charge in [-0.1, -0.05) is 29.3 Å². The number of anilines is 1. The molecule has 3 heterocycles. The monoisotopic (exact) mass is 399 g/mol. The van der Waals surface area contributed by atoms with Crippen LogP contribution in [-0.2, 0) is 0 Å². The molecule has 0 atom stereocenters. The quantitative estimate of drug-likeness (QED) is 0.511. The molecule has 0 aliphatic rings. The first kappa shape index (κ1) is 17.2. The largest absolute Gasteiger partial charge is 0.288 e. The van der Waals surface area contributed by atoms with Crippen molar-refractivity contribution in [3.8, 4) is 5.69 Å². The van der Waals surface area contributed by atoms with Gasteiger partial charge in [-0.25, -0.2) is 14.6 Å². The molecular weight excluding hydrogens is 389 g/mol. The summed E-state index contributed by atoms with van der Waals surface area (Å²) in [4.78, 5) is 24.5. The zero-order valence-corrected chi connectivity index (χ0v) is 15.1. The molecule has 2 N–H and O–H groups in total. The molecule has 0 fully saturated rings. The Labute approximate surface area is 163 Å². The second-order valence-corrected chi connectivity index (χ2v) is 6.22. The first-order valence-electron chi connectivity index (χ1n) is 7.75. The fraction of sp³-hybridized carbons (Fsp3) is 0. The maximum atomic E-state index is 12.1. The SMILES string of the molecule is O=C(NNc1ncnc2c1cnn2-c1ccc(Cl)c(Cl)c1)c1ccccn1. The predicted molar refractivity (Wildman–Crippen MR) is 102 cm³/mol. The van der Waals surface area contributed by atoms with Crippen molar-refractivity contribution in [1.82, 2.24) is 30.2 Å². The van der Waals surface area contributed by atoms with Crippen LogP contribution in [0.1, 0.15) is 10.5 Å². The van der Waals surface area contributed by atoms with Gasteiger partial charge >= 0.3 is 0 Å². The summed E-state index contributed by atoms with van der Waals surface area (Å²) in [6, 6.07) is 10.2. The minimum Gasteiger partial charge on any atom is -0.281 e. The maximum absolute atomic E-state index is 12.1. The van der Waals surface area contributed by atoms with E-state index in [0.29, 0.717) is 32.6 Å². The molecule has 3 aromatic heterocycles. The van der Waals surface area contributed by atoms with Crippen LogP contribution in [0.2, 0.25) is 10.0 Å². The predicted octanol–water partition coefficient (Wildman–Crippen LogP) is 3.27. The van der Waals surface area contributed by atoms with Crippen LogP contribution in [0, 0.1) is 0 Å². The fourth-order valence-corrected chi connectivity index (χ4v) is 2.72. The molecule has 0 aliphatic carbocycles. The molecule has 0 saturated heterocycles. The lowest BCUT2D eigenvalue weighted by molar-refractivity contribution is 0.0957. The number of carbonyl (C=O) groups is 1. The van der Waals surface area contributed by atoms with Crippen LogP contribution in [0.4, 0.5) is 5.82 Å². The third kappa shape index (κ3) is 3.40. The Morgan fingerprint density at radius 2 is 1.93 bits per heavy atom. The summed E-state index contributed by atoms with van der Waals surface area (Å²) >= 11 is 12.0. The topological polar surface area (TPSA) is 97.6 Å². The van der Waals surface area contributed by atoms with Crippen molar-refractivity contribution in [1.29, 1.82) is 0 Å². The zero-order valence-electron chi connectivity index (χ0n) is 13.6. The number of hydrogen-bond donors (Lipinski definition) is 2. The molecule has 8 nitrogen and oxygen atoms in total.